The van der Waals surface area contributed by atoms with Crippen LogP contribution in [0.2, 0.25) is 0 Å². The summed E-state index contributed by atoms with van der Waals surface area (Å²) in [4.78, 5) is 26.6. The van der Waals surface area contributed by atoms with Crippen LogP contribution in [-0.2, 0) is 9.59 Å². The molecule has 0 aromatic heterocycles. The van der Waals surface area contributed by atoms with Crippen LogP contribution >= 0.6 is 0 Å². The lowest BCUT2D eigenvalue weighted by molar-refractivity contribution is -0.139. The molecular formula is C22H27N3O2. The van der Waals surface area contributed by atoms with Crippen LogP contribution < -0.4 is 10.6 Å². The van der Waals surface area contributed by atoms with Crippen molar-refractivity contribution >= 4 is 11.8 Å². The zero-order valence-corrected chi connectivity index (χ0v) is 15.7. The topological polar surface area (TPSA) is 61.4 Å². The van der Waals surface area contributed by atoms with Crippen LogP contribution in [0.4, 0.5) is 0 Å². The predicted octanol–water partition coefficient (Wildman–Crippen LogP) is 2.84. The van der Waals surface area contributed by atoms with E-state index in [1.54, 1.807) is 4.90 Å². The molecule has 0 bridgehead atoms. The molecule has 0 spiro atoms. The Morgan fingerprint density at radius 3 is 2.22 bits per heavy atom. The van der Waals surface area contributed by atoms with Crippen molar-refractivity contribution in [1.82, 2.24) is 15.5 Å². The average molecular weight is 365 g/mol. The molecule has 0 radical (unpaired) electrons. The summed E-state index contributed by atoms with van der Waals surface area (Å²) in [5, 5.41) is 6.44. The molecule has 2 aromatic carbocycles. The van der Waals surface area contributed by atoms with Gasteiger partial charge < -0.3 is 10.2 Å². The molecule has 5 nitrogen and oxygen atoms in total. The van der Waals surface area contributed by atoms with Gasteiger partial charge in [-0.2, -0.15) is 0 Å². The largest absolute Gasteiger partial charge is 0.344 e. The maximum atomic E-state index is 12.7. The van der Waals surface area contributed by atoms with E-state index in [9.17, 15) is 9.59 Å². The molecule has 0 saturated carbocycles. The van der Waals surface area contributed by atoms with Crippen molar-refractivity contribution in [2.24, 2.45) is 0 Å². The summed E-state index contributed by atoms with van der Waals surface area (Å²) < 4.78 is 0. The van der Waals surface area contributed by atoms with Crippen molar-refractivity contribution < 1.29 is 9.59 Å². The number of amides is 2. The van der Waals surface area contributed by atoms with Crippen molar-refractivity contribution in [3.63, 3.8) is 0 Å². The van der Waals surface area contributed by atoms with Crippen LogP contribution in [0.1, 0.15) is 43.4 Å². The summed E-state index contributed by atoms with van der Waals surface area (Å²) in [5.41, 5.74) is 2.03. The lowest BCUT2D eigenvalue weighted by Gasteiger charge is -2.32. The molecule has 1 heterocycles. The van der Waals surface area contributed by atoms with Crippen molar-refractivity contribution in [3.8, 4) is 0 Å². The van der Waals surface area contributed by atoms with E-state index in [4.69, 9.17) is 0 Å². The van der Waals surface area contributed by atoms with Crippen LogP contribution in [0.5, 0.6) is 0 Å². The molecule has 2 amide bonds. The van der Waals surface area contributed by atoms with Gasteiger partial charge in [-0.1, -0.05) is 74.0 Å². The number of hydrogen-bond acceptors (Lipinski definition) is 3. The Bertz CT molecular complexity index is 709. The van der Waals surface area contributed by atoms with Gasteiger partial charge in [0.2, 0.25) is 11.8 Å². The van der Waals surface area contributed by atoms with Crippen LogP contribution in [0.3, 0.4) is 0 Å². The Morgan fingerprint density at radius 1 is 1.11 bits per heavy atom. The van der Waals surface area contributed by atoms with Crippen molar-refractivity contribution in [2.45, 2.75) is 38.3 Å². The van der Waals surface area contributed by atoms with Crippen molar-refractivity contribution in [1.29, 1.82) is 0 Å². The van der Waals surface area contributed by atoms with E-state index in [2.05, 4.69) is 17.6 Å². The minimum Gasteiger partial charge on any atom is -0.344 e. The quantitative estimate of drug-likeness (QED) is 0.793. The fraction of sp³-hybridized carbons (Fsp3) is 0.364. The summed E-state index contributed by atoms with van der Waals surface area (Å²) >= 11 is 0. The minimum absolute atomic E-state index is 0.0401. The van der Waals surface area contributed by atoms with E-state index in [-0.39, 0.29) is 30.4 Å². The first-order valence-electron chi connectivity index (χ1n) is 9.57. The lowest BCUT2D eigenvalue weighted by Crippen LogP contribution is -2.53. The number of nitrogens with one attached hydrogen (secondary N) is 2. The minimum atomic E-state index is -0.236. The summed E-state index contributed by atoms with van der Waals surface area (Å²) in [7, 11) is 0. The van der Waals surface area contributed by atoms with E-state index in [0.29, 0.717) is 13.1 Å². The number of carbonyl (C=O) groups is 2. The molecule has 0 aliphatic carbocycles. The van der Waals surface area contributed by atoms with E-state index in [1.165, 1.54) is 0 Å². The highest BCUT2D eigenvalue weighted by molar-refractivity contribution is 5.85. The number of benzene rings is 2. The van der Waals surface area contributed by atoms with Gasteiger partial charge in [0, 0.05) is 12.5 Å². The number of hydrogen-bond donors (Lipinski definition) is 2. The molecule has 1 aliphatic rings. The van der Waals surface area contributed by atoms with E-state index >= 15 is 0 Å². The third-order valence-corrected chi connectivity index (χ3v) is 4.89. The van der Waals surface area contributed by atoms with E-state index in [1.807, 2.05) is 60.7 Å². The maximum Gasteiger partial charge on any atom is 0.240 e. The summed E-state index contributed by atoms with van der Waals surface area (Å²) in [6, 6.07) is 19.8. The van der Waals surface area contributed by atoms with E-state index in [0.717, 1.165) is 24.0 Å². The summed E-state index contributed by atoms with van der Waals surface area (Å²) in [6.45, 7) is 2.61. The standard InChI is InChI=1S/C22H27N3O2/c1-2-9-19-14-21(27)25(16-23-19)15-20(26)24-22(17-10-5-3-6-11-17)18-12-7-4-8-13-18/h3-8,10-13,19,22-23H,2,9,14-16H2,1H3,(H,24,26). The van der Waals surface area contributed by atoms with Crippen LogP contribution in [0.15, 0.2) is 60.7 Å². The Hall–Kier alpha value is -2.66. The molecule has 5 heteroatoms. The molecule has 1 atom stereocenters. The third kappa shape index (κ3) is 5.17. The Kier molecular flexibility index (Phi) is 6.60. The molecular weight excluding hydrogens is 338 g/mol. The van der Waals surface area contributed by atoms with Gasteiger partial charge in [0.1, 0.15) is 6.54 Å². The maximum absolute atomic E-state index is 12.7. The zero-order valence-electron chi connectivity index (χ0n) is 15.7. The average Bonchev–Trinajstić information content (AvgIpc) is 2.70. The third-order valence-electron chi connectivity index (χ3n) is 4.89. The molecule has 1 unspecified atom stereocenters. The summed E-state index contributed by atoms with van der Waals surface area (Å²) in [6.07, 6.45) is 2.49. The molecule has 142 valence electrons. The van der Waals surface area contributed by atoms with Gasteiger partial charge in [-0.05, 0) is 17.5 Å². The van der Waals surface area contributed by atoms with E-state index < -0.39 is 0 Å². The van der Waals surface area contributed by atoms with Crippen LogP contribution in [0.25, 0.3) is 0 Å². The normalized spacial score (nSPS) is 17.2. The predicted molar refractivity (Wildman–Crippen MR) is 106 cm³/mol. The molecule has 2 N–H and O–H groups in total. The molecule has 1 saturated heterocycles. The number of carbonyl (C=O) groups excluding carboxylic acids is 2. The molecule has 1 aliphatic heterocycles. The smallest absolute Gasteiger partial charge is 0.240 e. The van der Waals surface area contributed by atoms with Gasteiger partial charge in [0.15, 0.2) is 0 Å². The molecule has 2 aromatic rings. The molecule has 1 fully saturated rings. The second kappa shape index (κ2) is 9.33. The van der Waals surface area contributed by atoms with Gasteiger partial charge in [0.05, 0.1) is 12.7 Å². The number of nitrogens with zero attached hydrogens (tertiary/aromatic N) is 1. The Labute approximate surface area is 160 Å². The first-order valence-corrected chi connectivity index (χ1v) is 9.57. The fourth-order valence-electron chi connectivity index (χ4n) is 3.47. The van der Waals surface area contributed by atoms with Gasteiger partial charge in [0.25, 0.3) is 0 Å². The first kappa shape index (κ1) is 19.1. The molecule has 27 heavy (non-hydrogen) atoms. The highest BCUT2D eigenvalue weighted by Crippen LogP contribution is 2.21. The first-order chi connectivity index (χ1) is 13.2. The van der Waals surface area contributed by atoms with Crippen LogP contribution in [0, 0.1) is 0 Å². The lowest BCUT2D eigenvalue weighted by atomic mass is 9.98. The SMILES string of the molecule is CCCC1CC(=O)N(CC(=O)NC(c2ccccc2)c2ccccc2)CN1. The fourth-order valence-corrected chi connectivity index (χ4v) is 3.47. The zero-order chi connectivity index (χ0) is 19.1. The number of rotatable bonds is 7. The van der Waals surface area contributed by atoms with Gasteiger partial charge >= 0.3 is 0 Å². The Balaban J connectivity index is 1.66. The Morgan fingerprint density at radius 2 is 1.70 bits per heavy atom. The van der Waals surface area contributed by atoms with Crippen molar-refractivity contribution in [3.05, 3.63) is 71.8 Å². The highest BCUT2D eigenvalue weighted by atomic mass is 16.2. The van der Waals surface area contributed by atoms with Gasteiger partial charge in [-0.3, -0.25) is 14.9 Å². The van der Waals surface area contributed by atoms with Crippen LogP contribution in [-0.4, -0.2) is 36.0 Å². The molecule has 3 rings (SSSR count). The van der Waals surface area contributed by atoms with Gasteiger partial charge in [-0.15, -0.1) is 0 Å². The van der Waals surface area contributed by atoms with Gasteiger partial charge in [-0.25, -0.2) is 0 Å². The second-order valence-corrected chi connectivity index (χ2v) is 6.97. The summed E-state index contributed by atoms with van der Waals surface area (Å²) in [5.74, 6) is -0.116. The highest BCUT2D eigenvalue weighted by Gasteiger charge is 2.27. The van der Waals surface area contributed by atoms with Crippen molar-refractivity contribution in [2.75, 3.05) is 13.2 Å². The second-order valence-electron chi connectivity index (χ2n) is 6.97. The monoisotopic (exact) mass is 365 g/mol.